The molecular weight excluding hydrogens is 488 g/mol. The van der Waals surface area contributed by atoms with Gasteiger partial charge < -0.3 is 0 Å². The van der Waals surface area contributed by atoms with Crippen molar-refractivity contribution in [2.45, 2.75) is 0 Å². The highest BCUT2D eigenvalue weighted by atomic mass is 79.9. The summed E-state index contributed by atoms with van der Waals surface area (Å²) in [5.74, 6) is 0. The first-order valence-corrected chi connectivity index (χ1v) is 9.54. The van der Waals surface area contributed by atoms with Crippen LogP contribution in [-0.4, -0.2) is 20.4 Å². The lowest BCUT2D eigenvalue weighted by Gasteiger charge is -2.10. The van der Waals surface area contributed by atoms with Crippen LogP contribution in [0.3, 0.4) is 0 Å². The average Bonchev–Trinajstić information content (AvgIpc) is 2.35. The van der Waals surface area contributed by atoms with Crippen LogP contribution in [0, 0.1) is 0 Å². The molecule has 2 aromatic carbocycles. The zero-order valence-electron chi connectivity index (χ0n) is 8.68. The first-order chi connectivity index (χ1) is 8.09. The van der Waals surface area contributed by atoms with E-state index in [4.69, 9.17) is 0 Å². The van der Waals surface area contributed by atoms with Crippen LogP contribution in [0.15, 0.2) is 54.3 Å². The lowest BCUT2D eigenvalue weighted by Crippen LogP contribution is -2.28. The normalized spacial score (nSPS) is 10.1. The van der Waals surface area contributed by atoms with Gasteiger partial charge in [-0.2, -0.15) is 3.69 Å². The molecule has 17 heavy (non-hydrogen) atoms. The Morgan fingerprint density at radius 2 is 1.41 bits per heavy atom. The first kappa shape index (κ1) is 14.5. The predicted octanol–water partition coefficient (Wildman–Crippen LogP) is 4.39. The van der Waals surface area contributed by atoms with Crippen molar-refractivity contribution >= 4 is 91.5 Å². The van der Waals surface area contributed by atoms with Crippen molar-refractivity contribution in [1.29, 1.82) is 0 Å². The minimum Gasteiger partial charge on any atom is -0.165 e. The van der Waals surface area contributed by atoms with Crippen molar-refractivity contribution in [2.75, 3.05) is 0 Å². The Hall–Kier alpha value is 1.13. The Balaban J connectivity index is 2.41. The van der Waals surface area contributed by atoms with Gasteiger partial charge in [0.15, 0.2) is 0 Å². The molecule has 5 heteroatoms. The van der Waals surface area contributed by atoms with Crippen LogP contribution >= 0.6 is 63.7 Å². The fraction of sp³-hybridized carbons (Fsp3) is 0. The van der Waals surface area contributed by atoms with Gasteiger partial charge in [0.25, 0.3) is 0 Å². The van der Waals surface area contributed by atoms with Crippen LogP contribution < -0.4 is 7.39 Å². The molecule has 0 saturated carbocycles. The molecule has 0 fully saturated rings. The Morgan fingerprint density at radius 1 is 0.765 bits per heavy atom. The van der Waals surface area contributed by atoms with Gasteiger partial charge >= 0.3 is 20.4 Å². The Labute approximate surface area is 144 Å². The maximum atomic E-state index is 3.66. The highest BCUT2D eigenvalue weighted by Gasteiger charge is 2.13. The van der Waals surface area contributed by atoms with Gasteiger partial charge in [0.05, 0.1) is 0 Å². The van der Waals surface area contributed by atoms with Crippen molar-refractivity contribution in [3.8, 4) is 0 Å². The maximum absolute atomic E-state index is 3.66. The van der Waals surface area contributed by atoms with Crippen molar-refractivity contribution in [3.63, 3.8) is 0 Å². The van der Waals surface area contributed by atoms with Crippen LogP contribution in [0.25, 0.3) is 0 Å². The van der Waals surface area contributed by atoms with E-state index in [9.17, 15) is 0 Å². The van der Waals surface area contributed by atoms with Gasteiger partial charge in [-0.15, -0.1) is 3.69 Å². The summed E-state index contributed by atoms with van der Waals surface area (Å²) in [6.07, 6.45) is 0. The summed E-state index contributed by atoms with van der Waals surface area (Å²) in [6, 6.07) is 12.8. The van der Waals surface area contributed by atoms with Crippen molar-refractivity contribution in [2.24, 2.45) is 0 Å². The van der Waals surface area contributed by atoms with Crippen molar-refractivity contribution in [3.05, 3.63) is 54.3 Å². The predicted molar refractivity (Wildman–Crippen MR) is 88.7 cm³/mol. The lowest BCUT2D eigenvalue weighted by molar-refractivity contribution is 1.53. The Kier molecular flexibility index (Phi) is 5.58. The molecule has 84 valence electrons. The topological polar surface area (TPSA) is 0 Å². The van der Waals surface area contributed by atoms with Gasteiger partial charge in [0, 0.05) is 17.9 Å². The highest BCUT2D eigenvalue weighted by molar-refractivity contribution is 9.15. The van der Waals surface area contributed by atoms with Crippen LogP contribution in [0.5, 0.6) is 0 Å². The lowest BCUT2D eigenvalue weighted by atomic mass is 10.3. The van der Waals surface area contributed by atoms with E-state index in [0.717, 1.165) is 17.9 Å². The van der Waals surface area contributed by atoms with E-state index in [0.29, 0.717) is 0 Å². The quantitative estimate of drug-likeness (QED) is 0.330. The molecule has 2 aromatic rings. The monoisotopic (exact) mass is 490 g/mol. The smallest absolute Gasteiger partial charge is 0.165 e. The molecule has 0 unspecified atom stereocenters. The van der Waals surface area contributed by atoms with Gasteiger partial charge in [0.2, 0.25) is 0 Å². The average molecular weight is 494 g/mol. The molecule has 0 aliphatic rings. The summed E-state index contributed by atoms with van der Waals surface area (Å²) in [6.45, 7) is 0. The van der Waals surface area contributed by atoms with E-state index in [1.807, 2.05) is 0 Å². The molecular formula is C12H6Br4Mg. The van der Waals surface area contributed by atoms with Crippen LogP contribution in [-0.2, 0) is 0 Å². The first-order valence-electron chi connectivity index (χ1n) is 4.95. The molecule has 0 saturated heterocycles. The summed E-state index contributed by atoms with van der Waals surface area (Å²) in [7, 11) is 0. The van der Waals surface area contributed by atoms with E-state index in [1.165, 1.54) is 7.39 Å². The van der Waals surface area contributed by atoms with Gasteiger partial charge in [0.1, 0.15) is 0 Å². The molecule has 0 amide bonds. The maximum Gasteiger partial charge on any atom is 0.452 e. The molecule has 0 radical (unpaired) electrons. The minimum atomic E-state index is -0.450. The number of rotatable bonds is 2. The molecule has 0 aromatic heterocycles. The molecule has 2 rings (SSSR count). The fourth-order valence-electron chi connectivity index (χ4n) is 1.57. The number of halogens is 4. The molecule has 0 spiro atoms. The van der Waals surface area contributed by atoms with Gasteiger partial charge in [-0.3, -0.25) is 0 Å². The van der Waals surface area contributed by atoms with E-state index in [-0.39, 0.29) is 0 Å². The van der Waals surface area contributed by atoms with E-state index < -0.39 is 20.4 Å². The minimum absolute atomic E-state index is 0.450. The Bertz CT molecular complexity index is 540. The fourth-order valence-corrected chi connectivity index (χ4v) is 6.23. The Morgan fingerprint density at radius 3 is 2.06 bits per heavy atom. The molecule has 0 bridgehead atoms. The van der Waals surface area contributed by atoms with E-state index >= 15 is 0 Å². The molecule has 0 aliphatic carbocycles. The largest absolute Gasteiger partial charge is 0.452 e. The number of hydrogen-bond acceptors (Lipinski definition) is 0. The third kappa shape index (κ3) is 3.57. The molecule has 0 heterocycles. The van der Waals surface area contributed by atoms with Crippen molar-refractivity contribution < 1.29 is 0 Å². The molecule has 0 atom stereocenters. The van der Waals surface area contributed by atoms with Crippen LogP contribution in [0.2, 0.25) is 0 Å². The highest BCUT2D eigenvalue weighted by Crippen LogP contribution is 2.34. The van der Waals surface area contributed by atoms with Gasteiger partial charge in [-0.05, 0) is 47.8 Å². The van der Waals surface area contributed by atoms with E-state index in [1.54, 1.807) is 0 Å². The van der Waals surface area contributed by atoms with Gasteiger partial charge in [-0.25, -0.2) is 0 Å². The third-order valence-corrected chi connectivity index (χ3v) is 9.50. The molecule has 0 aliphatic heterocycles. The molecule has 0 N–H and O–H groups in total. The number of benzene rings is 2. The number of hydrogen-bond donors (Lipinski definition) is 0. The van der Waals surface area contributed by atoms with E-state index in [2.05, 4.69) is 100 Å². The molecule has 0 nitrogen and oxygen atoms in total. The summed E-state index contributed by atoms with van der Waals surface area (Å²) in [5.41, 5.74) is 0. The zero-order chi connectivity index (χ0) is 12.4. The standard InChI is InChI=1S/C6HBr4.C6H5.Mg/c7-3-1-2-4(8)6(10)5(3)9;1-2-4-6-5-3-1;/h1H;1-5H;. The summed E-state index contributed by atoms with van der Waals surface area (Å²) >= 11 is 13.9. The second kappa shape index (κ2) is 6.52. The SMILES string of the molecule is Brc1c[c]([Mg][c]2ccccc2)c(Br)c(Br)c1Br. The summed E-state index contributed by atoms with van der Waals surface area (Å²) in [4.78, 5) is 0. The summed E-state index contributed by atoms with van der Waals surface area (Å²) < 4.78 is 7.20. The third-order valence-electron chi connectivity index (χ3n) is 2.42. The van der Waals surface area contributed by atoms with Gasteiger partial charge in [-0.1, -0.05) is 52.3 Å². The zero-order valence-corrected chi connectivity index (χ0v) is 16.4. The van der Waals surface area contributed by atoms with Crippen molar-refractivity contribution in [1.82, 2.24) is 0 Å². The van der Waals surface area contributed by atoms with Crippen LogP contribution in [0.4, 0.5) is 0 Å². The second-order valence-electron chi connectivity index (χ2n) is 3.62. The summed E-state index contributed by atoms with van der Waals surface area (Å²) in [5, 5.41) is 0. The second-order valence-corrected chi connectivity index (χ2v) is 8.79. The van der Waals surface area contributed by atoms with Crippen LogP contribution in [0.1, 0.15) is 0 Å².